The average Bonchev–Trinajstić information content (AvgIpc) is 2.41. The standard InChI is InChI=1S/C14H19IN2O3/c1-17(9-5-8-14(19)20-2)10-13(18)16-12-7-4-3-6-11(12)15/h3-4,6-7H,5,8-10H2,1-2H3,(H,16,18). The van der Waals surface area contributed by atoms with Crippen LogP contribution in [0.2, 0.25) is 0 Å². The molecule has 1 rings (SSSR count). The van der Waals surface area contributed by atoms with Gasteiger partial charge in [0.2, 0.25) is 5.91 Å². The molecule has 0 atom stereocenters. The number of hydrogen-bond donors (Lipinski definition) is 1. The van der Waals surface area contributed by atoms with Gasteiger partial charge in [-0.15, -0.1) is 0 Å². The van der Waals surface area contributed by atoms with Gasteiger partial charge in [0.05, 0.1) is 19.3 Å². The molecule has 0 spiro atoms. The zero-order valence-electron chi connectivity index (χ0n) is 11.7. The summed E-state index contributed by atoms with van der Waals surface area (Å²) in [7, 11) is 3.23. The quantitative estimate of drug-likeness (QED) is 0.573. The first-order chi connectivity index (χ1) is 9.52. The van der Waals surface area contributed by atoms with Crippen LogP contribution < -0.4 is 5.32 Å². The van der Waals surface area contributed by atoms with E-state index in [1.165, 1.54) is 7.11 Å². The van der Waals surface area contributed by atoms with Crippen LogP contribution in [0.1, 0.15) is 12.8 Å². The molecule has 5 nitrogen and oxygen atoms in total. The molecule has 0 unspecified atom stereocenters. The first kappa shape index (κ1) is 16.9. The number of ether oxygens (including phenoxy) is 1. The number of halogens is 1. The molecule has 6 heteroatoms. The van der Waals surface area contributed by atoms with E-state index in [0.29, 0.717) is 25.9 Å². The molecule has 20 heavy (non-hydrogen) atoms. The highest BCUT2D eigenvalue weighted by molar-refractivity contribution is 14.1. The molecule has 0 aromatic heterocycles. The van der Waals surface area contributed by atoms with E-state index in [9.17, 15) is 9.59 Å². The molecule has 0 saturated carbocycles. The second-order valence-corrected chi connectivity index (χ2v) is 5.61. The lowest BCUT2D eigenvalue weighted by Gasteiger charge is -2.16. The number of likely N-dealkylation sites (N-methyl/N-ethyl adjacent to an activating group) is 1. The number of anilines is 1. The van der Waals surface area contributed by atoms with E-state index < -0.39 is 0 Å². The number of para-hydroxylation sites is 1. The fourth-order valence-corrected chi connectivity index (χ4v) is 2.19. The first-order valence-electron chi connectivity index (χ1n) is 6.32. The van der Waals surface area contributed by atoms with Crippen LogP contribution >= 0.6 is 22.6 Å². The molecule has 0 aliphatic heterocycles. The van der Waals surface area contributed by atoms with Crippen molar-refractivity contribution >= 4 is 40.2 Å². The summed E-state index contributed by atoms with van der Waals surface area (Å²) in [5.41, 5.74) is 0.820. The predicted octanol–water partition coefficient (Wildman–Crippen LogP) is 2.11. The Kier molecular flexibility index (Phi) is 7.53. The third kappa shape index (κ3) is 6.33. The summed E-state index contributed by atoms with van der Waals surface area (Å²) >= 11 is 2.18. The molecule has 1 amide bonds. The maximum Gasteiger partial charge on any atom is 0.305 e. The third-order valence-electron chi connectivity index (χ3n) is 2.71. The van der Waals surface area contributed by atoms with Crippen molar-refractivity contribution in [1.82, 2.24) is 4.90 Å². The monoisotopic (exact) mass is 390 g/mol. The molecular formula is C14H19IN2O3. The average molecular weight is 390 g/mol. The van der Waals surface area contributed by atoms with Crippen molar-refractivity contribution < 1.29 is 14.3 Å². The highest BCUT2D eigenvalue weighted by atomic mass is 127. The van der Waals surface area contributed by atoms with E-state index in [-0.39, 0.29) is 11.9 Å². The fourth-order valence-electron chi connectivity index (χ4n) is 1.67. The van der Waals surface area contributed by atoms with Crippen LogP contribution in [0, 0.1) is 3.57 Å². The Labute approximate surface area is 132 Å². The van der Waals surface area contributed by atoms with Crippen molar-refractivity contribution in [3.05, 3.63) is 27.8 Å². The van der Waals surface area contributed by atoms with Gasteiger partial charge in [-0.25, -0.2) is 0 Å². The Bertz CT molecular complexity index is 465. The van der Waals surface area contributed by atoms with Crippen LogP contribution in [0.5, 0.6) is 0 Å². The second kappa shape index (κ2) is 8.91. The molecule has 0 bridgehead atoms. The Morgan fingerprint density at radius 2 is 2.05 bits per heavy atom. The number of amides is 1. The maximum atomic E-state index is 11.9. The lowest BCUT2D eigenvalue weighted by molar-refractivity contribution is -0.140. The summed E-state index contributed by atoms with van der Waals surface area (Å²) in [4.78, 5) is 24.7. The number of nitrogens with zero attached hydrogens (tertiary/aromatic N) is 1. The molecule has 1 aromatic rings. The van der Waals surface area contributed by atoms with Gasteiger partial charge in [0.25, 0.3) is 0 Å². The van der Waals surface area contributed by atoms with Crippen LogP contribution in [0.15, 0.2) is 24.3 Å². The molecule has 0 heterocycles. The van der Waals surface area contributed by atoms with Crippen LogP contribution in [0.3, 0.4) is 0 Å². The summed E-state index contributed by atoms with van der Waals surface area (Å²) < 4.78 is 5.57. The van der Waals surface area contributed by atoms with Gasteiger partial charge >= 0.3 is 5.97 Å². The largest absolute Gasteiger partial charge is 0.469 e. The topological polar surface area (TPSA) is 58.6 Å². The summed E-state index contributed by atoms with van der Waals surface area (Å²) in [6.07, 6.45) is 1.05. The third-order valence-corrected chi connectivity index (χ3v) is 3.65. The second-order valence-electron chi connectivity index (χ2n) is 4.45. The van der Waals surface area contributed by atoms with Gasteiger partial charge in [0.15, 0.2) is 0 Å². The summed E-state index contributed by atoms with van der Waals surface area (Å²) in [5.74, 6) is -0.281. The van der Waals surface area contributed by atoms with Crippen molar-refractivity contribution in [2.75, 3.05) is 32.6 Å². The Hall–Kier alpha value is -1.15. The maximum absolute atomic E-state index is 11.9. The Morgan fingerprint density at radius 3 is 2.70 bits per heavy atom. The van der Waals surface area contributed by atoms with E-state index in [4.69, 9.17) is 0 Å². The van der Waals surface area contributed by atoms with Gasteiger partial charge in [-0.2, -0.15) is 0 Å². The number of methoxy groups -OCH3 is 1. The molecule has 0 radical (unpaired) electrons. The van der Waals surface area contributed by atoms with Gasteiger partial charge < -0.3 is 10.1 Å². The molecule has 1 N–H and O–H groups in total. The minimum atomic E-state index is -0.221. The lowest BCUT2D eigenvalue weighted by atomic mass is 10.3. The number of benzene rings is 1. The van der Waals surface area contributed by atoms with Gasteiger partial charge in [0, 0.05) is 9.99 Å². The number of carbonyl (C=O) groups excluding carboxylic acids is 2. The van der Waals surface area contributed by atoms with E-state index in [0.717, 1.165) is 9.26 Å². The molecule has 0 aliphatic carbocycles. The van der Waals surface area contributed by atoms with Crippen molar-refractivity contribution in [1.29, 1.82) is 0 Å². The summed E-state index contributed by atoms with van der Waals surface area (Å²) in [5, 5.41) is 2.87. The number of carbonyl (C=O) groups is 2. The number of esters is 1. The minimum Gasteiger partial charge on any atom is -0.469 e. The smallest absolute Gasteiger partial charge is 0.305 e. The van der Waals surface area contributed by atoms with Gasteiger partial charge in [-0.3, -0.25) is 14.5 Å². The normalized spacial score (nSPS) is 10.4. The fraction of sp³-hybridized carbons (Fsp3) is 0.429. The summed E-state index contributed by atoms with van der Waals surface area (Å²) in [6.45, 7) is 0.973. The highest BCUT2D eigenvalue weighted by Gasteiger charge is 2.09. The molecule has 0 saturated heterocycles. The predicted molar refractivity (Wildman–Crippen MR) is 86.5 cm³/mol. The Balaban J connectivity index is 2.31. The number of hydrogen-bond acceptors (Lipinski definition) is 4. The van der Waals surface area contributed by atoms with Crippen LogP contribution in [0.25, 0.3) is 0 Å². The van der Waals surface area contributed by atoms with E-state index in [1.54, 1.807) is 0 Å². The Morgan fingerprint density at radius 1 is 1.35 bits per heavy atom. The minimum absolute atomic E-state index is 0.0605. The first-order valence-corrected chi connectivity index (χ1v) is 7.40. The van der Waals surface area contributed by atoms with Crippen molar-refractivity contribution in [3.63, 3.8) is 0 Å². The molecular weight excluding hydrogens is 371 g/mol. The molecule has 110 valence electrons. The van der Waals surface area contributed by atoms with Crippen LogP contribution in [-0.4, -0.2) is 44.0 Å². The van der Waals surface area contributed by atoms with Gasteiger partial charge in [-0.05, 0) is 54.7 Å². The SMILES string of the molecule is COC(=O)CCCN(C)CC(=O)Nc1ccccc1I. The number of rotatable bonds is 7. The van der Waals surface area contributed by atoms with E-state index in [1.807, 2.05) is 36.2 Å². The lowest BCUT2D eigenvalue weighted by Crippen LogP contribution is -2.31. The molecule has 0 aliphatic rings. The highest BCUT2D eigenvalue weighted by Crippen LogP contribution is 2.16. The summed E-state index contributed by atoms with van der Waals surface area (Å²) in [6, 6.07) is 7.63. The van der Waals surface area contributed by atoms with Crippen LogP contribution in [0.4, 0.5) is 5.69 Å². The van der Waals surface area contributed by atoms with Crippen LogP contribution in [-0.2, 0) is 14.3 Å². The van der Waals surface area contributed by atoms with Crippen molar-refractivity contribution in [2.45, 2.75) is 12.8 Å². The van der Waals surface area contributed by atoms with E-state index >= 15 is 0 Å². The van der Waals surface area contributed by atoms with Crippen molar-refractivity contribution in [3.8, 4) is 0 Å². The zero-order valence-corrected chi connectivity index (χ0v) is 13.8. The molecule has 1 aromatic carbocycles. The van der Waals surface area contributed by atoms with E-state index in [2.05, 4.69) is 32.6 Å². The van der Waals surface area contributed by atoms with Crippen molar-refractivity contribution in [2.24, 2.45) is 0 Å². The number of nitrogens with one attached hydrogen (secondary N) is 1. The van der Waals surface area contributed by atoms with Gasteiger partial charge in [0.1, 0.15) is 0 Å². The molecule has 0 fully saturated rings. The van der Waals surface area contributed by atoms with Gasteiger partial charge in [-0.1, -0.05) is 12.1 Å². The zero-order chi connectivity index (χ0) is 15.0.